The highest BCUT2D eigenvalue weighted by molar-refractivity contribution is 6.28. The van der Waals surface area contributed by atoms with Crippen LogP contribution in [0.25, 0.3) is 5.57 Å². The van der Waals surface area contributed by atoms with Gasteiger partial charge in [0.1, 0.15) is 11.6 Å². The van der Waals surface area contributed by atoms with Gasteiger partial charge in [0.05, 0.1) is 5.57 Å². The molecule has 0 saturated heterocycles. The third-order valence-electron chi connectivity index (χ3n) is 1.90. The third kappa shape index (κ3) is 1.63. The van der Waals surface area contributed by atoms with E-state index in [-0.39, 0.29) is 11.1 Å². The average molecular weight is 210 g/mol. The second-order valence-corrected chi connectivity index (χ2v) is 2.89. The van der Waals surface area contributed by atoms with Crippen LogP contribution in [-0.2, 0) is 14.3 Å². The minimum atomic E-state index is -0.925. The van der Waals surface area contributed by atoms with Crippen molar-refractivity contribution in [3.63, 3.8) is 0 Å². The summed E-state index contributed by atoms with van der Waals surface area (Å²) in [6.45, 7) is 0. The summed E-state index contributed by atoms with van der Waals surface area (Å²) in [7, 11) is 0. The SMILES string of the molecule is O=C1C=C(c2ccc(F)cc2F)C(=O)O1. The highest BCUT2D eigenvalue weighted by Crippen LogP contribution is 2.24. The van der Waals surface area contributed by atoms with Crippen molar-refractivity contribution in [1.29, 1.82) is 0 Å². The Morgan fingerprint density at radius 3 is 2.40 bits per heavy atom. The van der Waals surface area contributed by atoms with E-state index < -0.39 is 23.6 Å². The van der Waals surface area contributed by atoms with Crippen LogP contribution in [0.5, 0.6) is 0 Å². The molecule has 0 amide bonds. The van der Waals surface area contributed by atoms with Crippen LogP contribution in [0.4, 0.5) is 8.78 Å². The Bertz CT molecular complexity index is 491. The summed E-state index contributed by atoms with van der Waals surface area (Å²) in [6.07, 6.45) is 0.874. The monoisotopic (exact) mass is 210 g/mol. The maximum absolute atomic E-state index is 13.2. The van der Waals surface area contributed by atoms with E-state index in [0.717, 1.165) is 18.2 Å². The molecule has 5 heteroatoms. The molecule has 0 unspecified atom stereocenters. The maximum Gasteiger partial charge on any atom is 0.346 e. The zero-order valence-electron chi connectivity index (χ0n) is 7.29. The molecule has 0 spiro atoms. The molecule has 0 fully saturated rings. The van der Waals surface area contributed by atoms with Crippen molar-refractivity contribution in [3.8, 4) is 0 Å². The summed E-state index contributed by atoms with van der Waals surface area (Å²) in [5.74, 6) is -3.44. The van der Waals surface area contributed by atoms with Crippen LogP contribution in [0.1, 0.15) is 5.56 Å². The maximum atomic E-state index is 13.2. The molecule has 0 radical (unpaired) electrons. The highest BCUT2D eigenvalue weighted by atomic mass is 19.1. The van der Waals surface area contributed by atoms with Gasteiger partial charge in [0.25, 0.3) is 0 Å². The minimum absolute atomic E-state index is 0.146. The largest absolute Gasteiger partial charge is 0.386 e. The van der Waals surface area contributed by atoms with Gasteiger partial charge in [0.2, 0.25) is 0 Å². The molecular formula is C10H4F2O3. The molecular weight excluding hydrogens is 206 g/mol. The number of hydrogen-bond donors (Lipinski definition) is 0. The number of ether oxygens (including phenoxy) is 1. The average Bonchev–Trinajstić information content (AvgIpc) is 2.45. The first-order valence-corrected chi connectivity index (χ1v) is 4.01. The molecule has 1 aliphatic rings. The normalized spacial score (nSPS) is 15.2. The zero-order chi connectivity index (χ0) is 11.0. The Morgan fingerprint density at radius 1 is 1.13 bits per heavy atom. The van der Waals surface area contributed by atoms with Crippen molar-refractivity contribution < 1.29 is 23.1 Å². The topological polar surface area (TPSA) is 43.4 Å². The lowest BCUT2D eigenvalue weighted by Gasteiger charge is -2.00. The van der Waals surface area contributed by atoms with E-state index >= 15 is 0 Å². The molecule has 15 heavy (non-hydrogen) atoms. The lowest BCUT2D eigenvalue weighted by atomic mass is 10.1. The van der Waals surface area contributed by atoms with Crippen LogP contribution in [0, 0.1) is 11.6 Å². The summed E-state index contributed by atoms with van der Waals surface area (Å²) in [6, 6.07) is 2.71. The third-order valence-corrected chi connectivity index (χ3v) is 1.90. The Morgan fingerprint density at radius 2 is 1.87 bits per heavy atom. The van der Waals surface area contributed by atoms with Crippen molar-refractivity contribution in [3.05, 3.63) is 41.5 Å². The molecule has 2 rings (SSSR count). The summed E-state index contributed by atoms with van der Waals surface area (Å²) in [4.78, 5) is 21.8. The van der Waals surface area contributed by atoms with Crippen molar-refractivity contribution in [2.75, 3.05) is 0 Å². The Labute approximate surface area is 83.0 Å². The smallest absolute Gasteiger partial charge is 0.346 e. The Hall–Kier alpha value is -2.04. The predicted molar refractivity (Wildman–Crippen MR) is 45.4 cm³/mol. The Kier molecular flexibility index (Phi) is 2.07. The van der Waals surface area contributed by atoms with Crippen LogP contribution < -0.4 is 0 Å². The number of halogens is 2. The van der Waals surface area contributed by atoms with Crippen LogP contribution in [0.3, 0.4) is 0 Å². The van der Waals surface area contributed by atoms with Gasteiger partial charge in [-0.3, -0.25) is 0 Å². The number of carbonyl (C=O) groups excluding carboxylic acids is 2. The second kappa shape index (κ2) is 3.27. The first kappa shape index (κ1) is 9.51. The van der Waals surface area contributed by atoms with Gasteiger partial charge >= 0.3 is 11.9 Å². The first-order valence-electron chi connectivity index (χ1n) is 4.01. The van der Waals surface area contributed by atoms with E-state index in [0.29, 0.717) is 6.07 Å². The van der Waals surface area contributed by atoms with Crippen molar-refractivity contribution in [1.82, 2.24) is 0 Å². The van der Waals surface area contributed by atoms with Crippen LogP contribution in [-0.4, -0.2) is 11.9 Å². The molecule has 1 aromatic carbocycles. The van der Waals surface area contributed by atoms with E-state index in [1.165, 1.54) is 0 Å². The number of carbonyl (C=O) groups is 2. The number of esters is 2. The number of hydrogen-bond acceptors (Lipinski definition) is 3. The van der Waals surface area contributed by atoms with Gasteiger partial charge in [-0.05, 0) is 12.1 Å². The molecule has 0 bridgehead atoms. The van der Waals surface area contributed by atoms with Gasteiger partial charge in [-0.1, -0.05) is 0 Å². The van der Waals surface area contributed by atoms with E-state index in [1.54, 1.807) is 0 Å². The van der Waals surface area contributed by atoms with Crippen LogP contribution in [0.2, 0.25) is 0 Å². The summed E-state index contributed by atoms with van der Waals surface area (Å²) in [5, 5.41) is 0. The molecule has 1 aliphatic heterocycles. The summed E-state index contributed by atoms with van der Waals surface area (Å²) >= 11 is 0. The fourth-order valence-electron chi connectivity index (χ4n) is 1.25. The van der Waals surface area contributed by atoms with Gasteiger partial charge < -0.3 is 4.74 Å². The first-order chi connectivity index (χ1) is 7.08. The van der Waals surface area contributed by atoms with Gasteiger partial charge in [-0.25, -0.2) is 18.4 Å². The predicted octanol–water partition coefficient (Wildman–Crippen LogP) is 1.43. The standard InChI is InChI=1S/C10H4F2O3/c11-5-1-2-6(8(12)3-5)7-4-9(13)15-10(7)14/h1-4H. The van der Waals surface area contributed by atoms with Gasteiger partial charge in [0, 0.05) is 17.7 Å². The molecule has 3 nitrogen and oxygen atoms in total. The molecule has 76 valence electrons. The number of cyclic esters (lactones) is 2. The quantitative estimate of drug-likeness (QED) is 0.520. The molecule has 0 aromatic heterocycles. The zero-order valence-corrected chi connectivity index (χ0v) is 7.29. The summed E-state index contributed by atoms with van der Waals surface area (Å²) < 4.78 is 30.0. The minimum Gasteiger partial charge on any atom is -0.386 e. The fraction of sp³-hybridized carbons (Fsp3) is 0. The molecule has 1 aromatic rings. The number of rotatable bonds is 1. The van der Waals surface area contributed by atoms with Gasteiger partial charge in [-0.2, -0.15) is 0 Å². The Balaban J connectivity index is 2.51. The second-order valence-electron chi connectivity index (χ2n) is 2.89. The molecule has 0 atom stereocenters. The lowest BCUT2D eigenvalue weighted by Crippen LogP contribution is -2.02. The van der Waals surface area contributed by atoms with E-state index in [4.69, 9.17) is 0 Å². The molecule has 0 aliphatic carbocycles. The van der Waals surface area contributed by atoms with E-state index in [1.807, 2.05) is 0 Å². The van der Waals surface area contributed by atoms with Crippen molar-refractivity contribution in [2.45, 2.75) is 0 Å². The van der Waals surface area contributed by atoms with Gasteiger partial charge in [0.15, 0.2) is 0 Å². The molecule has 1 heterocycles. The van der Waals surface area contributed by atoms with E-state index in [2.05, 4.69) is 4.74 Å². The van der Waals surface area contributed by atoms with Gasteiger partial charge in [-0.15, -0.1) is 0 Å². The van der Waals surface area contributed by atoms with Crippen molar-refractivity contribution >= 4 is 17.5 Å². The number of benzene rings is 1. The summed E-state index contributed by atoms with van der Waals surface area (Å²) in [5.41, 5.74) is -0.343. The molecule has 0 N–H and O–H groups in total. The highest BCUT2D eigenvalue weighted by Gasteiger charge is 2.26. The van der Waals surface area contributed by atoms with Crippen LogP contribution >= 0.6 is 0 Å². The van der Waals surface area contributed by atoms with Crippen molar-refractivity contribution in [2.24, 2.45) is 0 Å². The molecule has 0 saturated carbocycles. The lowest BCUT2D eigenvalue weighted by molar-refractivity contribution is -0.149. The van der Waals surface area contributed by atoms with Crippen LogP contribution in [0.15, 0.2) is 24.3 Å². The fourth-order valence-corrected chi connectivity index (χ4v) is 1.25. The van der Waals surface area contributed by atoms with E-state index in [9.17, 15) is 18.4 Å².